The summed E-state index contributed by atoms with van der Waals surface area (Å²) in [5, 5.41) is 39.3. The highest BCUT2D eigenvalue weighted by Gasteiger charge is 2.34. The van der Waals surface area contributed by atoms with Gasteiger partial charge < -0.3 is 33.6 Å². The number of carbonyl (C=O) groups is 3. The highest BCUT2D eigenvalue weighted by molar-refractivity contribution is 5.73. The number of ether oxygens (including phenoxy) is 1. The molecule has 19 nitrogen and oxygen atoms in total. The van der Waals surface area contributed by atoms with Gasteiger partial charge in [-0.3, -0.25) is 29.1 Å². The van der Waals surface area contributed by atoms with Gasteiger partial charge in [0.15, 0.2) is 0 Å². The van der Waals surface area contributed by atoms with Crippen molar-refractivity contribution in [2.45, 2.75) is 97.4 Å². The van der Waals surface area contributed by atoms with Gasteiger partial charge in [0.2, 0.25) is 17.5 Å². The molecule has 0 spiro atoms. The second-order valence-electron chi connectivity index (χ2n) is 23.6. The lowest BCUT2D eigenvalue weighted by atomic mass is 9.84. The van der Waals surface area contributed by atoms with Gasteiger partial charge in [0.05, 0.1) is 23.9 Å². The second-order valence-corrected chi connectivity index (χ2v) is 23.6. The van der Waals surface area contributed by atoms with Gasteiger partial charge in [-0.25, -0.2) is 0 Å². The third-order valence-corrected chi connectivity index (χ3v) is 16.5. The van der Waals surface area contributed by atoms with E-state index in [0.29, 0.717) is 80.3 Å². The number of hydrogen-bond acceptors (Lipinski definition) is 16. The number of hydrogen-bond donors (Lipinski definition) is 3. The van der Waals surface area contributed by atoms with E-state index < -0.39 is 17.9 Å². The normalized spacial score (nSPS) is 15.9. The molecule has 0 bridgehead atoms. The van der Waals surface area contributed by atoms with E-state index >= 15 is 0 Å². The lowest BCUT2D eigenvalue weighted by Gasteiger charge is -2.36. The fraction of sp³-hybridized carbons (Fsp3) is 0.348. The van der Waals surface area contributed by atoms with Crippen molar-refractivity contribution in [1.82, 2.24) is 45.1 Å². The predicted molar refractivity (Wildman–Crippen MR) is 330 cm³/mol. The molecule has 4 fully saturated rings. The van der Waals surface area contributed by atoms with Crippen molar-refractivity contribution in [1.29, 1.82) is 0 Å². The molecule has 1 aliphatic carbocycles. The number of carboxylic acids is 3. The summed E-state index contributed by atoms with van der Waals surface area (Å²) in [5.41, 5.74) is 11.5. The molecule has 3 N–H and O–H groups in total. The Morgan fingerprint density at radius 2 is 0.773 bits per heavy atom. The number of rotatable bonds is 20. The summed E-state index contributed by atoms with van der Waals surface area (Å²) in [6.07, 6.45) is 8.92. The molecule has 9 aromatic rings. The first kappa shape index (κ1) is 60.5. The van der Waals surface area contributed by atoms with E-state index in [9.17, 15) is 14.4 Å². The van der Waals surface area contributed by atoms with Crippen molar-refractivity contribution in [2.75, 3.05) is 39.3 Å². The monoisotopic (exact) mass is 1190 g/mol. The number of carboxylic acid groups (broad SMARTS) is 3. The van der Waals surface area contributed by atoms with Gasteiger partial charge in [0.25, 0.3) is 17.7 Å². The van der Waals surface area contributed by atoms with Crippen molar-refractivity contribution in [3.8, 4) is 74.3 Å². The van der Waals surface area contributed by atoms with Crippen molar-refractivity contribution < 1.29 is 48.0 Å². The van der Waals surface area contributed by atoms with Gasteiger partial charge >= 0.3 is 17.9 Å². The molecule has 19 heteroatoms. The fourth-order valence-electron chi connectivity index (χ4n) is 11.4. The molecule has 3 aromatic heterocycles. The first-order chi connectivity index (χ1) is 42.7. The van der Waals surface area contributed by atoms with Gasteiger partial charge in [-0.2, -0.15) is 15.0 Å². The molecular weight excluding hydrogens is 1110 g/mol. The van der Waals surface area contributed by atoms with Crippen molar-refractivity contribution in [2.24, 2.45) is 17.8 Å². The molecule has 4 aliphatic rings. The van der Waals surface area contributed by atoms with Crippen LogP contribution in [0.5, 0.6) is 5.75 Å². The number of nitrogens with zero attached hydrogens (tertiary/aromatic N) is 9. The van der Waals surface area contributed by atoms with Crippen molar-refractivity contribution >= 4 is 17.9 Å². The average Bonchev–Trinajstić information content (AvgIpc) is 4.49. The summed E-state index contributed by atoms with van der Waals surface area (Å²) >= 11 is 0. The molecule has 0 unspecified atom stereocenters. The molecule has 0 amide bonds. The van der Waals surface area contributed by atoms with Gasteiger partial charge in [-0.15, -0.1) is 0 Å². The van der Waals surface area contributed by atoms with Crippen LogP contribution in [0.3, 0.4) is 0 Å². The Hall–Kier alpha value is -9.17. The Kier molecular flexibility index (Phi) is 19.3. The molecule has 13 rings (SSSR count). The van der Waals surface area contributed by atoms with Crippen LogP contribution in [0.25, 0.3) is 68.5 Å². The zero-order chi connectivity index (χ0) is 61.1. The van der Waals surface area contributed by atoms with E-state index in [4.69, 9.17) is 33.6 Å². The van der Waals surface area contributed by atoms with E-state index in [1.165, 1.54) is 43.2 Å². The first-order valence-electron chi connectivity index (χ1n) is 30.4. The topological polar surface area (TPSA) is 248 Å². The molecular formula is C69H73N9O10. The van der Waals surface area contributed by atoms with Crippen LogP contribution in [0.4, 0.5) is 0 Å². The SMILES string of the molecule is CC(C)Oc1ccc(-c2nc(-c3ccc(CN4CC(C(=O)O)C4)cc3)no2)cc1.CCCc1ccc(-c2nc(-c3ccc(CN4CC(C(=O)O)C4)cc3)no2)cc1.O=C(O)C1CN(Cc2ccc(-c3noc(-c4ccc(C5CCCCC5)cc4)n3)cc2)C1. The van der Waals surface area contributed by atoms with E-state index in [2.05, 4.69) is 88.4 Å². The summed E-state index contributed by atoms with van der Waals surface area (Å²) in [7, 11) is 0. The second kappa shape index (κ2) is 28.1. The Morgan fingerprint density at radius 1 is 0.455 bits per heavy atom. The molecule has 6 aromatic carbocycles. The zero-order valence-electron chi connectivity index (χ0n) is 49.8. The predicted octanol–water partition coefficient (Wildman–Crippen LogP) is 12.5. The average molecular weight is 1190 g/mol. The van der Waals surface area contributed by atoms with Crippen molar-refractivity contribution in [3.05, 3.63) is 173 Å². The molecule has 454 valence electrons. The Bertz CT molecular complexity index is 3730. The summed E-state index contributed by atoms with van der Waals surface area (Å²) in [4.78, 5) is 52.7. The van der Waals surface area contributed by atoms with Crippen LogP contribution >= 0.6 is 0 Å². The van der Waals surface area contributed by atoms with Crippen LogP contribution in [0, 0.1) is 17.8 Å². The van der Waals surface area contributed by atoms with Gasteiger partial charge in [-0.1, -0.05) is 145 Å². The van der Waals surface area contributed by atoms with E-state index in [-0.39, 0.29) is 23.9 Å². The van der Waals surface area contributed by atoms with Gasteiger partial charge in [0.1, 0.15) is 5.75 Å². The molecule has 0 atom stereocenters. The highest BCUT2D eigenvalue weighted by Crippen LogP contribution is 2.35. The smallest absolute Gasteiger partial charge is 0.309 e. The number of benzene rings is 6. The molecule has 3 aliphatic heterocycles. The van der Waals surface area contributed by atoms with Gasteiger partial charge in [-0.05, 0) is 115 Å². The quantitative estimate of drug-likeness (QED) is 0.0642. The fourth-order valence-corrected chi connectivity index (χ4v) is 11.4. The molecule has 6 heterocycles. The minimum Gasteiger partial charge on any atom is -0.491 e. The lowest BCUT2D eigenvalue weighted by Crippen LogP contribution is -2.49. The van der Waals surface area contributed by atoms with Gasteiger partial charge in [0, 0.05) is 92.3 Å². The number of aromatic nitrogens is 6. The zero-order valence-corrected chi connectivity index (χ0v) is 49.8. The number of aliphatic carboxylic acids is 3. The van der Waals surface area contributed by atoms with Crippen LogP contribution in [0.15, 0.2) is 159 Å². The summed E-state index contributed by atoms with van der Waals surface area (Å²) in [6, 6.07) is 48.4. The van der Waals surface area contributed by atoms with E-state index in [1.807, 2.05) is 123 Å². The van der Waals surface area contributed by atoms with Crippen LogP contribution < -0.4 is 4.74 Å². The Morgan fingerprint density at radius 3 is 1.10 bits per heavy atom. The van der Waals surface area contributed by atoms with Crippen LogP contribution in [0.2, 0.25) is 0 Å². The lowest BCUT2D eigenvalue weighted by molar-refractivity contribution is -0.148. The molecule has 3 saturated heterocycles. The van der Waals surface area contributed by atoms with Crippen molar-refractivity contribution in [3.63, 3.8) is 0 Å². The van der Waals surface area contributed by atoms with Crippen LogP contribution in [0.1, 0.15) is 93.0 Å². The van der Waals surface area contributed by atoms with Crippen LogP contribution in [-0.2, 0) is 40.4 Å². The molecule has 88 heavy (non-hydrogen) atoms. The highest BCUT2D eigenvalue weighted by atomic mass is 16.5. The Balaban J connectivity index is 0.000000137. The summed E-state index contributed by atoms with van der Waals surface area (Å²) < 4.78 is 22.0. The van der Waals surface area contributed by atoms with E-state index in [1.54, 1.807) is 0 Å². The maximum atomic E-state index is 10.9. The number of likely N-dealkylation sites (tertiary alicyclic amines) is 3. The van der Waals surface area contributed by atoms with Crippen LogP contribution in [-0.4, -0.2) is 124 Å². The summed E-state index contributed by atoms with van der Waals surface area (Å²) in [5.74, 6) is 1.85. The maximum Gasteiger partial charge on any atom is 0.309 e. The first-order valence-corrected chi connectivity index (χ1v) is 30.4. The minimum absolute atomic E-state index is 0.124. The Labute approximate surface area is 511 Å². The standard InChI is InChI=1S/C25H27N3O3.C22H23N3O4.C22H23N3O3/c29-25(30)22-15-28(16-22)14-17-6-8-20(9-7-17)23-26-24(31-27-23)21-12-10-19(11-13-21)18-4-2-1-3-5-18;1-14(2)28-19-9-7-17(8-10-19)21-23-20(24-29-21)16-5-3-15(4-6-16)11-25-12-18(13-25)22(26)27;1-2-3-15-4-10-18(11-5-15)21-23-20(24-28-21)17-8-6-16(7-9-17)12-25-13-19(14-25)22(26)27/h6-13,18,22H,1-5,14-16H2,(H,29,30);3-10,14,18H,11-13H2,1-2H3,(H,26,27);4-11,19H,2-3,12-14H2,1H3,(H,26,27). The third-order valence-electron chi connectivity index (χ3n) is 16.5. The maximum absolute atomic E-state index is 10.9. The largest absolute Gasteiger partial charge is 0.491 e. The third kappa shape index (κ3) is 15.5. The molecule has 1 saturated carbocycles. The summed E-state index contributed by atoms with van der Waals surface area (Å²) in [6.45, 7) is 12.1. The minimum atomic E-state index is -0.716. The molecule has 0 radical (unpaired) electrons. The van der Waals surface area contributed by atoms with E-state index in [0.717, 1.165) is 88.3 Å². The number of aryl methyl sites for hydroxylation is 1.